The third-order valence-electron chi connectivity index (χ3n) is 3.90. The van der Waals surface area contributed by atoms with Gasteiger partial charge in [0.15, 0.2) is 18.3 Å². The van der Waals surface area contributed by atoms with Gasteiger partial charge in [0.2, 0.25) is 0 Å². The number of hydrogen-bond acceptors (Lipinski definition) is 3. The normalized spacial score (nSPS) is 11.7. The van der Waals surface area contributed by atoms with E-state index in [4.69, 9.17) is 9.15 Å². The molecule has 1 aromatic heterocycles. The highest BCUT2D eigenvalue weighted by atomic mass is 16.5. The second-order valence-electron chi connectivity index (χ2n) is 5.62. The van der Waals surface area contributed by atoms with Gasteiger partial charge in [-0.25, -0.2) is 0 Å². The lowest BCUT2D eigenvalue weighted by molar-refractivity contribution is -0.678. The maximum Gasteiger partial charge on any atom is 0.279 e. The van der Waals surface area contributed by atoms with E-state index < -0.39 is 0 Å². The molecule has 0 unspecified atom stereocenters. The minimum atomic E-state index is -0.0826. The van der Waals surface area contributed by atoms with Crippen molar-refractivity contribution in [2.45, 2.75) is 6.04 Å². The molecule has 1 atom stereocenters. The maximum atomic E-state index is 12.3. The molecule has 2 aromatic carbocycles. The van der Waals surface area contributed by atoms with Gasteiger partial charge in [0, 0.05) is 17.3 Å². The molecule has 128 valence electrons. The van der Waals surface area contributed by atoms with E-state index in [0.717, 1.165) is 11.3 Å². The summed E-state index contributed by atoms with van der Waals surface area (Å²) >= 11 is 0. The van der Waals surface area contributed by atoms with Crippen molar-refractivity contribution < 1.29 is 19.3 Å². The van der Waals surface area contributed by atoms with E-state index >= 15 is 0 Å². The Morgan fingerprint density at radius 3 is 2.68 bits per heavy atom. The smallest absolute Gasteiger partial charge is 0.279 e. The lowest BCUT2D eigenvalue weighted by Crippen LogP contribution is -2.87. The third-order valence-corrected chi connectivity index (χ3v) is 3.90. The Labute approximate surface area is 146 Å². The predicted octanol–water partition coefficient (Wildman–Crippen LogP) is 2.58. The van der Waals surface area contributed by atoms with Gasteiger partial charge in [-0.15, -0.1) is 0 Å². The summed E-state index contributed by atoms with van der Waals surface area (Å²) < 4.78 is 10.7. The summed E-state index contributed by atoms with van der Waals surface area (Å²) in [7, 11) is 1.60. The fraction of sp³-hybridized carbons (Fsp3) is 0.150. The molecule has 0 aliphatic rings. The van der Waals surface area contributed by atoms with Crippen molar-refractivity contribution in [1.29, 1.82) is 0 Å². The van der Waals surface area contributed by atoms with Gasteiger partial charge in [-0.1, -0.05) is 36.4 Å². The molecule has 1 heterocycles. The van der Waals surface area contributed by atoms with Gasteiger partial charge >= 0.3 is 0 Å². The van der Waals surface area contributed by atoms with E-state index in [1.807, 2.05) is 66.0 Å². The number of hydrogen-bond donors (Lipinski definition) is 2. The average Bonchev–Trinajstić information content (AvgIpc) is 3.17. The zero-order chi connectivity index (χ0) is 17.5. The number of rotatable bonds is 7. The highest BCUT2D eigenvalue weighted by Gasteiger charge is 2.21. The van der Waals surface area contributed by atoms with E-state index in [1.165, 1.54) is 0 Å². The fourth-order valence-electron chi connectivity index (χ4n) is 2.68. The van der Waals surface area contributed by atoms with E-state index in [2.05, 4.69) is 5.32 Å². The molecule has 1 amide bonds. The number of benzene rings is 2. The van der Waals surface area contributed by atoms with Crippen molar-refractivity contribution in [2.75, 3.05) is 19.0 Å². The van der Waals surface area contributed by atoms with Gasteiger partial charge in [0.05, 0.1) is 13.4 Å². The van der Waals surface area contributed by atoms with Crippen LogP contribution in [0.3, 0.4) is 0 Å². The van der Waals surface area contributed by atoms with Crippen LogP contribution in [0.15, 0.2) is 77.4 Å². The van der Waals surface area contributed by atoms with Gasteiger partial charge in [-0.2, -0.15) is 0 Å². The number of methoxy groups -OCH3 is 1. The standard InChI is InChI=1S/C20H20N2O3/c1-24-17-10-5-9-16(13-17)22-19(23)14-21-20(18-11-6-12-25-18)15-7-3-2-4-8-15/h2-13,20-21H,14H2,1H3,(H,22,23)/p+1/t20-/m1/s1. The predicted molar refractivity (Wildman–Crippen MR) is 95.4 cm³/mol. The number of ether oxygens (including phenoxy) is 1. The molecule has 0 bridgehead atoms. The molecule has 3 N–H and O–H groups in total. The zero-order valence-corrected chi connectivity index (χ0v) is 14.0. The van der Waals surface area contributed by atoms with Gasteiger partial charge < -0.3 is 19.8 Å². The van der Waals surface area contributed by atoms with Crippen LogP contribution < -0.4 is 15.4 Å². The Morgan fingerprint density at radius 2 is 1.96 bits per heavy atom. The van der Waals surface area contributed by atoms with Crippen LogP contribution in [0.1, 0.15) is 17.4 Å². The summed E-state index contributed by atoms with van der Waals surface area (Å²) in [6.45, 7) is 0.275. The molecule has 0 saturated carbocycles. The van der Waals surface area contributed by atoms with Crippen molar-refractivity contribution in [1.82, 2.24) is 0 Å². The summed E-state index contributed by atoms with van der Waals surface area (Å²) in [5.41, 5.74) is 1.80. The van der Waals surface area contributed by atoms with Crippen LogP contribution in [0.25, 0.3) is 0 Å². The first-order valence-electron chi connectivity index (χ1n) is 8.12. The molecule has 0 fully saturated rings. The van der Waals surface area contributed by atoms with Gasteiger partial charge in [0.25, 0.3) is 5.91 Å². The summed E-state index contributed by atoms with van der Waals surface area (Å²) in [6.07, 6.45) is 1.65. The van der Waals surface area contributed by atoms with Crippen LogP contribution in [0.2, 0.25) is 0 Å². The van der Waals surface area contributed by atoms with Crippen LogP contribution >= 0.6 is 0 Å². The first-order valence-corrected chi connectivity index (χ1v) is 8.12. The quantitative estimate of drug-likeness (QED) is 0.696. The summed E-state index contributed by atoms with van der Waals surface area (Å²) in [6, 6.07) is 21.0. The van der Waals surface area contributed by atoms with Crippen molar-refractivity contribution in [3.63, 3.8) is 0 Å². The number of furan rings is 1. The first-order chi connectivity index (χ1) is 12.3. The van der Waals surface area contributed by atoms with Gasteiger partial charge in [0.1, 0.15) is 5.75 Å². The molecule has 0 aliphatic heterocycles. The van der Waals surface area contributed by atoms with E-state index in [9.17, 15) is 4.79 Å². The highest BCUT2D eigenvalue weighted by Crippen LogP contribution is 2.19. The monoisotopic (exact) mass is 337 g/mol. The molecule has 5 heteroatoms. The maximum absolute atomic E-state index is 12.3. The molecule has 0 saturated heterocycles. The van der Waals surface area contributed by atoms with Crippen molar-refractivity contribution in [3.05, 3.63) is 84.3 Å². The molecule has 25 heavy (non-hydrogen) atoms. The number of nitrogens with two attached hydrogens (primary N) is 1. The van der Waals surface area contributed by atoms with Crippen LogP contribution in [-0.2, 0) is 4.79 Å². The molecule has 0 spiro atoms. The van der Waals surface area contributed by atoms with Crippen LogP contribution in [0.4, 0.5) is 5.69 Å². The lowest BCUT2D eigenvalue weighted by atomic mass is 10.0. The van der Waals surface area contributed by atoms with E-state index in [0.29, 0.717) is 11.4 Å². The van der Waals surface area contributed by atoms with Crippen molar-refractivity contribution >= 4 is 11.6 Å². The third kappa shape index (κ3) is 4.49. The highest BCUT2D eigenvalue weighted by molar-refractivity contribution is 5.91. The Kier molecular flexibility index (Phi) is 5.49. The molecule has 0 radical (unpaired) electrons. The molecule has 3 rings (SSSR count). The Morgan fingerprint density at radius 1 is 1.12 bits per heavy atom. The molecule has 3 aromatic rings. The number of quaternary nitrogens is 1. The fourth-order valence-corrected chi connectivity index (χ4v) is 2.68. The SMILES string of the molecule is COc1cccc(NC(=O)C[NH2+][C@H](c2ccccc2)c2ccco2)c1. The van der Waals surface area contributed by atoms with Crippen LogP contribution in [0.5, 0.6) is 5.75 Å². The molecule has 5 nitrogen and oxygen atoms in total. The van der Waals surface area contributed by atoms with Crippen molar-refractivity contribution in [3.8, 4) is 5.75 Å². The van der Waals surface area contributed by atoms with Crippen LogP contribution in [0, 0.1) is 0 Å². The topological polar surface area (TPSA) is 68.1 Å². The molecular formula is C20H21N2O3+. The van der Waals surface area contributed by atoms with Crippen LogP contribution in [-0.4, -0.2) is 19.6 Å². The summed E-state index contributed by atoms with van der Waals surface area (Å²) in [5.74, 6) is 1.45. The minimum Gasteiger partial charge on any atom is -0.497 e. The second-order valence-corrected chi connectivity index (χ2v) is 5.62. The first kappa shape index (κ1) is 16.8. The molecular weight excluding hydrogens is 316 g/mol. The summed E-state index contributed by atoms with van der Waals surface area (Å²) in [4.78, 5) is 12.3. The number of carbonyl (C=O) groups is 1. The number of nitrogens with one attached hydrogen (secondary N) is 1. The Bertz CT molecular complexity index is 801. The molecule has 0 aliphatic carbocycles. The average molecular weight is 337 g/mol. The minimum absolute atomic E-state index is 0.0627. The van der Waals surface area contributed by atoms with Gasteiger partial charge in [-0.3, -0.25) is 4.79 Å². The van der Waals surface area contributed by atoms with Gasteiger partial charge in [-0.05, 0) is 24.3 Å². The number of carbonyl (C=O) groups excluding carboxylic acids is 1. The largest absolute Gasteiger partial charge is 0.497 e. The Hall–Kier alpha value is -3.05. The Balaban J connectivity index is 1.66. The zero-order valence-electron chi connectivity index (χ0n) is 14.0. The van der Waals surface area contributed by atoms with E-state index in [1.54, 1.807) is 19.4 Å². The number of amides is 1. The van der Waals surface area contributed by atoms with Crippen molar-refractivity contribution in [2.24, 2.45) is 0 Å². The lowest BCUT2D eigenvalue weighted by Gasteiger charge is -2.14. The van der Waals surface area contributed by atoms with E-state index in [-0.39, 0.29) is 18.5 Å². The summed E-state index contributed by atoms with van der Waals surface area (Å²) in [5, 5.41) is 4.85. The number of anilines is 1. The second kappa shape index (κ2) is 8.17.